The van der Waals surface area contributed by atoms with Gasteiger partial charge < -0.3 is 10.6 Å². The van der Waals surface area contributed by atoms with Crippen LogP contribution in [0.4, 0.5) is 5.69 Å². The van der Waals surface area contributed by atoms with Crippen molar-refractivity contribution >= 4 is 65.3 Å². The predicted octanol–water partition coefficient (Wildman–Crippen LogP) is 3.50. The molecule has 13 heteroatoms. The van der Waals surface area contributed by atoms with E-state index in [9.17, 15) is 16.8 Å². The van der Waals surface area contributed by atoms with Crippen molar-refractivity contribution < 1.29 is 30.5 Å². The van der Waals surface area contributed by atoms with Crippen LogP contribution < -0.4 is 15.2 Å². The molecule has 9 nitrogen and oxygen atoms in total. The molecule has 3 aromatic rings. The molecule has 0 saturated carbocycles. The van der Waals surface area contributed by atoms with Crippen LogP contribution >= 0.6 is 23.1 Å². The third-order valence-electron chi connectivity index (χ3n) is 5.42. The summed E-state index contributed by atoms with van der Waals surface area (Å²) < 4.78 is 66.0. The summed E-state index contributed by atoms with van der Waals surface area (Å²) in [5, 5.41) is 1.67. The molecule has 4 rings (SSSR count). The van der Waals surface area contributed by atoms with Crippen LogP contribution in [0.2, 0.25) is 0 Å². The first-order valence-corrected chi connectivity index (χ1v) is 15.9. The normalized spacial score (nSPS) is 15.7. The van der Waals surface area contributed by atoms with Crippen LogP contribution in [0.15, 0.2) is 70.2 Å². The quantitative estimate of drug-likeness (QED) is 0.247. The molecule has 0 amide bonds. The Morgan fingerprint density at radius 1 is 0.972 bits per heavy atom. The van der Waals surface area contributed by atoms with Gasteiger partial charge in [0.25, 0.3) is 25.2 Å². The maximum atomic E-state index is 11.2. The Labute approximate surface area is 218 Å². The van der Waals surface area contributed by atoms with Gasteiger partial charge >= 0.3 is 0 Å². The first-order chi connectivity index (χ1) is 17.0. The Hall–Kier alpha value is -2.42. The number of nitrogens with two attached hydrogens (primary N) is 1. The highest BCUT2D eigenvalue weighted by Gasteiger charge is 2.25. The van der Waals surface area contributed by atoms with E-state index in [1.807, 2.05) is 70.1 Å². The topological polar surface area (TPSA) is 142 Å². The maximum Gasteiger partial charge on any atom is 0.265 e. The summed E-state index contributed by atoms with van der Waals surface area (Å²) >= 11 is 3.05. The summed E-state index contributed by atoms with van der Waals surface area (Å²) in [5.74, 6) is -0.666. The highest BCUT2D eigenvalue weighted by molar-refractivity contribution is 8.03. The zero-order chi connectivity index (χ0) is 25.9. The van der Waals surface area contributed by atoms with Gasteiger partial charge in [0.2, 0.25) is 5.52 Å². The molecule has 0 fully saturated rings. The second kappa shape index (κ2) is 10.9. The maximum absolute atomic E-state index is 11.2. The SMILES string of the molecule is NC(=Cc1sc2ccccc2[n+]1CCCS(=O)(=O)O)C=C1Sc2ccccc2N1CCCS(=O)(=O)O. The molecule has 1 aliphatic rings. The fourth-order valence-corrected chi connectivity index (χ4v) is 7.21. The van der Waals surface area contributed by atoms with Crippen molar-refractivity contribution in [3.8, 4) is 0 Å². The summed E-state index contributed by atoms with van der Waals surface area (Å²) in [6.45, 7) is 0.781. The molecule has 192 valence electrons. The standard InChI is InChI=1S/C23H25N3O6S4/c24-17(15-22-25(11-5-13-35(27,28)29)18-7-1-3-9-20(18)33-22)16-23-26(12-6-14-36(30,31)32)19-8-2-4-10-21(19)34-23/h1-4,7-10,15-16,24H,5-6,11-14H2,(H2,27,28,29,30,31,32)/p+1. The summed E-state index contributed by atoms with van der Waals surface area (Å²) in [7, 11) is -8.11. The molecule has 0 bridgehead atoms. The van der Waals surface area contributed by atoms with Crippen molar-refractivity contribution in [3.63, 3.8) is 0 Å². The Bertz CT molecular complexity index is 1540. The van der Waals surface area contributed by atoms with Crippen molar-refractivity contribution in [3.05, 3.63) is 70.3 Å². The molecule has 0 spiro atoms. The molecule has 0 unspecified atom stereocenters. The number of allylic oxidation sites excluding steroid dienone is 1. The number of aromatic nitrogens is 1. The number of benzene rings is 2. The van der Waals surface area contributed by atoms with Gasteiger partial charge in [0.15, 0.2) is 6.54 Å². The third-order valence-corrected chi connectivity index (χ3v) is 9.26. The van der Waals surface area contributed by atoms with Crippen LogP contribution in [0, 0.1) is 0 Å². The lowest BCUT2D eigenvalue weighted by molar-refractivity contribution is -0.668. The molecule has 0 aliphatic carbocycles. The third kappa shape index (κ3) is 6.87. The van der Waals surface area contributed by atoms with E-state index in [2.05, 4.69) is 0 Å². The van der Waals surface area contributed by atoms with Crippen molar-refractivity contribution in [1.82, 2.24) is 0 Å². The van der Waals surface area contributed by atoms with Crippen LogP contribution in [0.5, 0.6) is 0 Å². The summed E-state index contributed by atoms with van der Waals surface area (Å²) in [6, 6.07) is 15.5. The zero-order valence-corrected chi connectivity index (χ0v) is 22.4. The lowest BCUT2D eigenvalue weighted by Gasteiger charge is -2.20. The van der Waals surface area contributed by atoms with Gasteiger partial charge in [-0.05, 0) is 30.7 Å². The fourth-order valence-electron chi connectivity index (χ4n) is 3.92. The lowest BCUT2D eigenvalue weighted by atomic mass is 10.2. The van der Waals surface area contributed by atoms with Gasteiger partial charge in [0.05, 0.1) is 22.2 Å². The Morgan fingerprint density at radius 3 is 2.39 bits per heavy atom. The number of nitrogens with zero attached hydrogens (tertiary/aromatic N) is 2. The molecule has 36 heavy (non-hydrogen) atoms. The van der Waals surface area contributed by atoms with E-state index >= 15 is 0 Å². The first-order valence-electron chi connectivity index (χ1n) is 11.1. The molecule has 2 heterocycles. The molecule has 0 atom stereocenters. The van der Waals surface area contributed by atoms with Crippen LogP contribution in [-0.2, 0) is 26.8 Å². The second-order valence-corrected chi connectivity index (χ2v) is 13.5. The largest absolute Gasteiger partial charge is 0.398 e. The minimum atomic E-state index is -4.05. The van der Waals surface area contributed by atoms with E-state index in [4.69, 9.17) is 14.8 Å². The summed E-state index contributed by atoms with van der Waals surface area (Å²) in [5.41, 5.74) is 8.79. The number of hydrogen-bond acceptors (Lipinski definition) is 8. The molecule has 1 aromatic heterocycles. The second-order valence-electron chi connectivity index (χ2n) is 8.19. The van der Waals surface area contributed by atoms with E-state index in [1.165, 1.54) is 23.1 Å². The monoisotopic (exact) mass is 568 g/mol. The number of thiazole rings is 1. The number of anilines is 1. The average molecular weight is 569 g/mol. The predicted molar refractivity (Wildman–Crippen MR) is 144 cm³/mol. The zero-order valence-electron chi connectivity index (χ0n) is 19.1. The van der Waals surface area contributed by atoms with E-state index in [0.717, 1.165) is 30.8 Å². The summed E-state index contributed by atoms with van der Waals surface area (Å²) in [4.78, 5) is 3.00. The molecular weight excluding hydrogens is 543 g/mol. The van der Waals surface area contributed by atoms with Gasteiger partial charge in [-0.3, -0.25) is 9.11 Å². The lowest BCUT2D eigenvalue weighted by Crippen LogP contribution is -2.36. The van der Waals surface area contributed by atoms with Gasteiger partial charge in [-0.1, -0.05) is 47.4 Å². The van der Waals surface area contributed by atoms with Gasteiger partial charge in [-0.2, -0.15) is 21.4 Å². The highest BCUT2D eigenvalue weighted by atomic mass is 32.2. The first kappa shape index (κ1) is 26.6. The van der Waals surface area contributed by atoms with E-state index in [-0.39, 0.29) is 24.3 Å². The Morgan fingerprint density at radius 2 is 1.64 bits per heavy atom. The number of rotatable bonds is 10. The molecule has 2 aromatic carbocycles. The molecule has 0 radical (unpaired) electrons. The van der Waals surface area contributed by atoms with Crippen molar-refractivity contribution in [1.29, 1.82) is 0 Å². The van der Waals surface area contributed by atoms with Gasteiger partial charge in [-0.15, -0.1) is 0 Å². The van der Waals surface area contributed by atoms with Crippen LogP contribution in [-0.4, -0.2) is 44.0 Å². The molecule has 1 aliphatic heterocycles. The smallest absolute Gasteiger partial charge is 0.265 e. The van der Waals surface area contributed by atoms with E-state index < -0.39 is 20.2 Å². The molecule has 4 N–H and O–H groups in total. The van der Waals surface area contributed by atoms with Gasteiger partial charge in [0, 0.05) is 35.7 Å². The summed E-state index contributed by atoms with van der Waals surface area (Å²) in [6.07, 6.45) is 4.15. The number of thioether (sulfide) groups is 1. The minimum absolute atomic E-state index is 0.249. The van der Waals surface area contributed by atoms with Crippen molar-refractivity contribution in [2.24, 2.45) is 5.73 Å². The van der Waals surface area contributed by atoms with E-state index in [1.54, 1.807) is 0 Å². The average Bonchev–Trinajstić information content (AvgIpc) is 3.30. The molecule has 0 saturated heterocycles. The minimum Gasteiger partial charge on any atom is -0.398 e. The Kier molecular flexibility index (Phi) is 8.07. The molecular formula is C23H26N3O6S4+. The van der Waals surface area contributed by atoms with Crippen LogP contribution in [0.25, 0.3) is 16.3 Å². The number of hydrogen-bond donors (Lipinski definition) is 3. The number of aryl methyl sites for hydroxylation is 1. The Balaban J connectivity index is 1.63. The van der Waals surface area contributed by atoms with Gasteiger partial charge in [-0.25, -0.2) is 0 Å². The number of para-hydroxylation sites is 2. The number of fused-ring (bicyclic) bond motifs is 2. The van der Waals surface area contributed by atoms with Crippen molar-refractivity contribution in [2.75, 3.05) is 23.0 Å². The fraction of sp³-hybridized carbons (Fsp3) is 0.261. The highest BCUT2D eigenvalue weighted by Crippen LogP contribution is 2.46. The van der Waals surface area contributed by atoms with Crippen molar-refractivity contribution in [2.45, 2.75) is 24.3 Å². The van der Waals surface area contributed by atoms with E-state index in [0.29, 0.717) is 18.8 Å². The van der Waals surface area contributed by atoms with Gasteiger partial charge in [0.1, 0.15) is 4.70 Å². The van der Waals surface area contributed by atoms with Crippen LogP contribution in [0.3, 0.4) is 0 Å². The van der Waals surface area contributed by atoms with Crippen LogP contribution in [0.1, 0.15) is 17.8 Å².